The lowest BCUT2D eigenvalue weighted by molar-refractivity contribution is -0.117. The van der Waals surface area contributed by atoms with Gasteiger partial charge >= 0.3 is 0 Å². The minimum Gasteiger partial charge on any atom is -0.308 e. The molecule has 2 rings (SSSR count). The number of aryl methyl sites for hydroxylation is 1. The summed E-state index contributed by atoms with van der Waals surface area (Å²) in [6, 6.07) is 0. The van der Waals surface area contributed by atoms with Crippen LogP contribution in [0, 0.1) is 0 Å². The van der Waals surface area contributed by atoms with Crippen LogP contribution in [0.15, 0.2) is 12.4 Å². The molecule has 0 N–H and O–H groups in total. The predicted molar refractivity (Wildman–Crippen MR) is 52.9 cm³/mol. The fraction of sp³-hybridized carbons (Fsp3) is 0.500. The summed E-state index contributed by atoms with van der Waals surface area (Å²) in [6.07, 6.45) is 4.14. The highest BCUT2D eigenvalue weighted by atomic mass is 79.9. The topological polar surface area (TPSA) is 38.1 Å². The second-order valence-electron chi connectivity index (χ2n) is 3.18. The van der Waals surface area contributed by atoms with Gasteiger partial charge in [-0.2, -0.15) is 5.10 Å². The van der Waals surface area contributed by atoms with Crippen LogP contribution in [0.2, 0.25) is 0 Å². The Hall–Kier alpha value is -0.840. The summed E-state index contributed by atoms with van der Waals surface area (Å²) in [5.74, 6) is 0.162. The van der Waals surface area contributed by atoms with Crippen molar-refractivity contribution in [3.05, 3.63) is 12.4 Å². The van der Waals surface area contributed by atoms with E-state index in [-0.39, 0.29) is 10.7 Å². The van der Waals surface area contributed by atoms with E-state index in [1.807, 2.05) is 13.2 Å². The average molecular weight is 244 g/mol. The van der Waals surface area contributed by atoms with Gasteiger partial charge in [-0.05, 0) is 0 Å². The number of rotatable bonds is 1. The fourth-order valence-corrected chi connectivity index (χ4v) is 2.03. The van der Waals surface area contributed by atoms with Crippen molar-refractivity contribution in [2.24, 2.45) is 7.05 Å². The number of amides is 1. The highest BCUT2D eigenvalue weighted by Gasteiger charge is 2.29. The van der Waals surface area contributed by atoms with Crippen molar-refractivity contribution in [2.45, 2.75) is 11.2 Å². The monoisotopic (exact) mass is 243 g/mol. The summed E-state index contributed by atoms with van der Waals surface area (Å²) in [5, 5.41) is 4.03. The van der Waals surface area contributed by atoms with Gasteiger partial charge in [-0.3, -0.25) is 9.48 Å². The van der Waals surface area contributed by atoms with Crippen LogP contribution in [-0.2, 0) is 11.8 Å². The van der Waals surface area contributed by atoms with Crippen LogP contribution < -0.4 is 4.90 Å². The van der Waals surface area contributed by atoms with Crippen LogP contribution in [0.1, 0.15) is 6.42 Å². The Morgan fingerprint density at radius 2 is 2.46 bits per heavy atom. The van der Waals surface area contributed by atoms with Gasteiger partial charge in [0, 0.05) is 31.0 Å². The van der Waals surface area contributed by atoms with E-state index in [0.717, 1.165) is 12.2 Å². The van der Waals surface area contributed by atoms with E-state index in [1.54, 1.807) is 15.8 Å². The van der Waals surface area contributed by atoms with Crippen LogP contribution in [0.5, 0.6) is 0 Å². The minimum absolute atomic E-state index is 0.162. The first-order valence-electron chi connectivity index (χ1n) is 4.10. The summed E-state index contributed by atoms with van der Waals surface area (Å²) in [4.78, 5) is 13.5. The van der Waals surface area contributed by atoms with Crippen LogP contribution in [0.25, 0.3) is 0 Å². The van der Waals surface area contributed by atoms with Gasteiger partial charge in [0.15, 0.2) is 0 Å². The van der Waals surface area contributed by atoms with Crippen molar-refractivity contribution in [2.75, 3.05) is 11.4 Å². The number of hydrogen-bond acceptors (Lipinski definition) is 2. The number of alkyl halides is 1. The Bertz CT molecular complexity index is 336. The van der Waals surface area contributed by atoms with Crippen molar-refractivity contribution in [1.29, 1.82) is 0 Å². The molecule has 1 amide bonds. The Balaban J connectivity index is 2.22. The first-order chi connectivity index (χ1) is 6.16. The van der Waals surface area contributed by atoms with Gasteiger partial charge in [0.1, 0.15) is 0 Å². The normalized spacial score (nSPS) is 22.8. The molecule has 70 valence electrons. The zero-order chi connectivity index (χ0) is 9.42. The maximum Gasteiger partial charge on any atom is 0.228 e. The van der Waals surface area contributed by atoms with E-state index in [9.17, 15) is 4.79 Å². The Kier molecular flexibility index (Phi) is 2.11. The van der Waals surface area contributed by atoms with Crippen molar-refractivity contribution in [3.8, 4) is 0 Å². The molecule has 0 aliphatic carbocycles. The molecular weight excluding hydrogens is 234 g/mol. The first-order valence-corrected chi connectivity index (χ1v) is 5.01. The third-order valence-corrected chi connectivity index (χ3v) is 2.69. The number of carbonyl (C=O) groups excluding carboxylic acids is 1. The summed E-state index contributed by atoms with van der Waals surface area (Å²) >= 11 is 3.43. The minimum atomic E-state index is 0.162. The number of carbonyl (C=O) groups is 1. The van der Waals surface area contributed by atoms with Crippen molar-refractivity contribution in [1.82, 2.24) is 9.78 Å². The van der Waals surface area contributed by atoms with Crippen LogP contribution >= 0.6 is 15.9 Å². The molecule has 1 saturated heterocycles. The molecule has 1 unspecified atom stereocenters. The molecule has 1 fully saturated rings. The molecule has 0 saturated carbocycles. The summed E-state index contributed by atoms with van der Waals surface area (Å²) < 4.78 is 1.70. The lowest BCUT2D eigenvalue weighted by Gasteiger charge is -2.11. The Labute approximate surface area is 84.6 Å². The highest BCUT2D eigenvalue weighted by molar-refractivity contribution is 9.09. The molecule has 1 aromatic rings. The van der Waals surface area contributed by atoms with Crippen LogP contribution in [0.3, 0.4) is 0 Å². The molecule has 2 heterocycles. The van der Waals surface area contributed by atoms with E-state index in [4.69, 9.17) is 0 Å². The van der Waals surface area contributed by atoms with E-state index < -0.39 is 0 Å². The summed E-state index contributed by atoms with van der Waals surface area (Å²) in [6.45, 7) is 0.741. The standard InChI is InChI=1S/C8H10BrN3O/c1-11-5-7(3-10-11)12-4-6(9)2-8(12)13/h3,5-6H,2,4H2,1H3. The second kappa shape index (κ2) is 3.14. The lowest BCUT2D eigenvalue weighted by atomic mass is 10.4. The van der Waals surface area contributed by atoms with Crippen molar-refractivity contribution in [3.63, 3.8) is 0 Å². The number of aromatic nitrogens is 2. The second-order valence-corrected chi connectivity index (χ2v) is 4.47. The summed E-state index contributed by atoms with van der Waals surface area (Å²) in [7, 11) is 1.84. The quantitative estimate of drug-likeness (QED) is 0.689. The third kappa shape index (κ3) is 1.60. The lowest BCUT2D eigenvalue weighted by Crippen LogP contribution is -2.23. The Morgan fingerprint density at radius 3 is 2.92 bits per heavy atom. The average Bonchev–Trinajstić information content (AvgIpc) is 2.58. The fourth-order valence-electron chi connectivity index (χ4n) is 1.46. The van der Waals surface area contributed by atoms with E-state index in [0.29, 0.717) is 6.42 Å². The molecule has 1 aromatic heterocycles. The summed E-state index contributed by atoms with van der Waals surface area (Å²) in [5.41, 5.74) is 0.884. The third-order valence-electron chi connectivity index (χ3n) is 2.08. The smallest absolute Gasteiger partial charge is 0.228 e. The largest absolute Gasteiger partial charge is 0.308 e. The van der Waals surface area contributed by atoms with E-state index in [2.05, 4.69) is 21.0 Å². The zero-order valence-corrected chi connectivity index (χ0v) is 8.86. The number of hydrogen-bond donors (Lipinski definition) is 0. The molecule has 1 aliphatic heterocycles. The van der Waals surface area contributed by atoms with Gasteiger partial charge in [0.25, 0.3) is 0 Å². The number of anilines is 1. The molecule has 13 heavy (non-hydrogen) atoms. The van der Waals surface area contributed by atoms with Crippen molar-refractivity contribution < 1.29 is 4.79 Å². The number of halogens is 1. The molecule has 0 radical (unpaired) electrons. The Morgan fingerprint density at radius 1 is 1.69 bits per heavy atom. The van der Waals surface area contributed by atoms with Gasteiger partial charge in [0.2, 0.25) is 5.91 Å². The molecule has 4 nitrogen and oxygen atoms in total. The van der Waals surface area contributed by atoms with Gasteiger partial charge in [-0.15, -0.1) is 0 Å². The SMILES string of the molecule is Cn1cc(N2CC(Br)CC2=O)cn1. The maximum atomic E-state index is 11.5. The van der Waals surface area contributed by atoms with E-state index in [1.165, 1.54) is 0 Å². The van der Waals surface area contributed by atoms with Crippen molar-refractivity contribution >= 4 is 27.5 Å². The van der Waals surface area contributed by atoms with Crippen LogP contribution in [0.4, 0.5) is 5.69 Å². The maximum absolute atomic E-state index is 11.5. The molecule has 5 heteroatoms. The molecule has 0 aromatic carbocycles. The highest BCUT2D eigenvalue weighted by Crippen LogP contribution is 2.24. The van der Waals surface area contributed by atoms with Crippen LogP contribution in [-0.4, -0.2) is 27.1 Å². The van der Waals surface area contributed by atoms with Gasteiger partial charge in [0.05, 0.1) is 11.9 Å². The molecule has 1 atom stereocenters. The first kappa shape index (κ1) is 8.74. The predicted octanol–water partition coefficient (Wildman–Crippen LogP) is 0.920. The van der Waals surface area contributed by atoms with E-state index >= 15 is 0 Å². The molecular formula is C8H10BrN3O. The molecule has 0 spiro atoms. The molecule has 1 aliphatic rings. The molecule has 0 bridgehead atoms. The zero-order valence-electron chi connectivity index (χ0n) is 7.27. The number of nitrogens with zero attached hydrogens (tertiary/aromatic N) is 3. The van der Waals surface area contributed by atoms with Gasteiger partial charge in [-0.1, -0.05) is 15.9 Å². The van der Waals surface area contributed by atoms with Gasteiger partial charge < -0.3 is 4.90 Å². The van der Waals surface area contributed by atoms with Gasteiger partial charge in [-0.25, -0.2) is 0 Å².